The fraction of sp³-hybridized carbons (Fsp3) is 0.929. The normalized spacial score (nSPS) is 38.4. The quantitative estimate of drug-likeness (QED) is 0.801. The van der Waals surface area contributed by atoms with Gasteiger partial charge >= 0.3 is 0 Å². The summed E-state index contributed by atoms with van der Waals surface area (Å²) in [5.41, 5.74) is 5.65. The molecule has 1 saturated carbocycles. The largest absolute Gasteiger partial charge is 0.381 e. The third-order valence-corrected chi connectivity index (χ3v) is 4.52. The van der Waals surface area contributed by atoms with Gasteiger partial charge in [-0.05, 0) is 32.1 Å². The number of nitrogens with one attached hydrogen (secondary N) is 1. The summed E-state index contributed by atoms with van der Waals surface area (Å²) >= 11 is 0. The SMILES string of the molecule is CC1CCCC(N)(C(=O)NC(C)C2CCOC2)C1. The van der Waals surface area contributed by atoms with Crippen LogP contribution >= 0.6 is 0 Å². The number of nitrogens with two attached hydrogens (primary N) is 1. The zero-order valence-corrected chi connectivity index (χ0v) is 11.6. The summed E-state index contributed by atoms with van der Waals surface area (Å²) in [5.74, 6) is 1.03. The van der Waals surface area contributed by atoms with Crippen molar-refractivity contribution in [1.29, 1.82) is 0 Å². The van der Waals surface area contributed by atoms with E-state index in [1.54, 1.807) is 0 Å². The lowest BCUT2D eigenvalue weighted by Crippen LogP contribution is -2.58. The minimum Gasteiger partial charge on any atom is -0.381 e. The molecule has 0 bridgehead atoms. The minimum absolute atomic E-state index is 0.0356. The van der Waals surface area contributed by atoms with E-state index in [4.69, 9.17) is 10.5 Å². The van der Waals surface area contributed by atoms with Gasteiger partial charge in [0.2, 0.25) is 5.91 Å². The van der Waals surface area contributed by atoms with E-state index in [0.29, 0.717) is 11.8 Å². The summed E-state index contributed by atoms with van der Waals surface area (Å²) in [5, 5.41) is 3.11. The summed E-state index contributed by atoms with van der Waals surface area (Å²) in [6.07, 6.45) is 4.92. The molecule has 4 nitrogen and oxygen atoms in total. The lowest BCUT2D eigenvalue weighted by molar-refractivity contribution is -0.129. The number of hydrogen-bond donors (Lipinski definition) is 2. The van der Waals surface area contributed by atoms with Gasteiger partial charge in [0.15, 0.2) is 0 Å². The van der Waals surface area contributed by atoms with Crippen LogP contribution in [0.1, 0.15) is 46.0 Å². The molecule has 1 saturated heterocycles. The molecule has 0 aromatic carbocycles. The van der Waals surface area contributed by atoms with Gasteiger partial charge in [-0.1, -0.05) is 19.8 Å². The molecule has 2 rings (SSSR count). The van der Waals surface area contributed by atoms with Crippen LogP contribution in [0.2, 0.25) is 0 Å². The van der Waals surface area contributed by atoms with Crippen molar-refractivity contribution < 1.29 is 9.53 Å². The Kier molecular flexibility index (Phi) is 4.28. The minimum atomic E-state index is -0.647. The molecule has 1 aliphatic heterocycles. The van der Waals surface area contributed by atoms with Crippen molar-refractivity contribution in [2.45, 2.75) is 57.5 Å². The molecule has 2 fully saturated rings. The van der Waals surface area contributed by atoms with Crippen LogP contribution in [0.15, 0.2) is 0 Å². The smallest absolute Gasteiger partial charge is 0.240 e. The molecule has 0 aromatic heterocycles. The van der Waals surface area contributed by atoms with Crippen LogP contribution in [0.3, 0.4) is 0 Å². The van der Waals surface area contributed by atoms with E-state index < -0.39 is 5.54 Å². The molecule has 4 unspecified atom stereocenters. The first kappa shape index (κ1) is 13.8. The van der Waals surface area contributed by atoms with Gasteiger partial charge in [0, 0.05) is 18.6 Å². The molecule has 104 valence electrons. The molecular weight excluding hydrogens is 228 g/mol. The summed E-state index contributed by atoms with van der Waals surface area (Å²) in [7, 11) is 0. The Morgan fingerprint density at radius 3 is 2.89 bits per heavy atom. The molecule has 4 atom stereocenters. The van der Waals surface area contributed by atoms with E-state index in [0.717, 1.165) is 38.9 Å². The second-order valence-electron chi connectivity index (χ2n) is 6.24. The van der Waals surface area contributed by atoms with Crippen LogP contribution in [0.5, 0.6) is 0 Å². The van der Waals surface area contributed by atoms with Crippen LogP contribution in [0, 0.1) is 11.8 Å². The molecule has 1 amide bonds. The Hall–Kier alpha value is -0.610. The van der Waals surface area contributed by atoms with Crippen molar-refractivity contribution >= 4 is 5.91 Å². The summed E-state index contributed by atoms with van der Waals surface area (Å²) in [6, 6.07) is 0.164. The van der Waals surface area contributed by atoms with Crippen LogP contribution in [-0.2, 0) is 9.53 Å². The van der Waals surface area contributed by atoms with E-state index in [-0.39, 0.29) is 11.9 Å². The summed E-state index contributed by atoms with van der Waals surface area (Å²) in [6.45, 7) is 5.82. The lowest BCUT2D eigenvalue weighted by Gasteiger charge is -2.36. The van der Waals surface area contributed by atoms with Crippen molar-refractivity contribution in [2.75, 3.05) is 13.2 Å². The first-order valence-electron chi connectivity index (χ1n) is 7.19. The fourth-order valence-corrected chi connectivity index (χ4v) is 3.21. The van der Waals surface area contributed by atoms with Gasteiger partial charge in [-0.15, -0.1) is 0 Å². The van der Waals surface area contributed by atoms with Gasteiger partial charge in [-0.25, -0.2) is 0 Å². The number of carbonyl (C=O) groups excluding carboxylic acids is 1. The fourth-order valence-electron chi connectivity index (χ4n) is 3.21. The predicted octanol–water partition coefficient (Wildman–Crippen LogP) is 1.44. The second kappa shape index (κ2) is 5.57. The van der Waals surface area contributed by atoms with E-state index >= 15 is 0 Å². The first-order chi connectivity index (χ1) is 8.51. The monoisotopic (exact) mass is 254 g/mol. The maximum absolute atomic E-state index is 12.4. The highest BCUT2D eigenvalue weighted by molar-refractivity contribution is 5.86. The number of amides is 1. The van der Waals surface area contributed by atoms with Crippen LogP contribution in [0.4, 0.5) is 0 Å². The second-order valence-corrected chi connectivity index (χ2v) is 6.24. The Balaban J connectivity index is 1.89. The highest BCUT2D eigenvalue weighted by Crippen LogP contribution is 2.31. The van der Waals surface area contributed by atoms with Crippen molar-refractivity contribution in [3.63, 3.8) is 0 Å². The van der Waals surface area contributed by atoms with Crippen molar-refractivity contribution in [3.8, 4) is 0 Å². The van der Waals surface area contributed by atoms with Crippen molar-refractivity contribution in [1.82, 2.24) is 5.32 Å². The van der Waals surface area contributed by atoms with E-state index in [9.17, 15) is 4.79 Å². The average molecular weight is 254 g/mol. The van der Waals surface area contributed by atoms with Gasteiger partial charge < -0.3 is 15.8 Å². The van der Waals surface area contributed by atoms with Gasteiger partial charge in [0.05, 0.1) is 12.1 Å². The Morgan fingerprint density at radius 2 is 2.28 bits per heavy atom. The van der Waals surface area contributed by atoms with Gasteiger partial charge in [0.1, 0.15) is 0 Å². The van der Waals surface area contributed by atoms with Gasteiger partial charge in [-0.2, -0.15) is 0 Å². The Bertz CT molecular complexity index is 302. The average Bonchev–Trinajstić information content (AvgIpc) is 2.81. The van der Waals surface area contributed by atoms with Crippen LogP contribution in [-0.4, -0.2) is 30.7 Å². The highest BCUT2D eigenvalue weighted by atomic mass is 16.5. The molecule has 1 heterocycles. The number of ether oxygens (including phenoxy) is 1. The molecule has 0 aromatic rings. The lowest BCUT2D eigenvalue weighted by atomic mass is 9.76. The van der Waals surface area contributed by atoms with Crippen LogP contribution in [0.25, 0.3) is 0 Å². The molecule has 18 heavy (non-hydrogen) atoms. The number of rotatable bonds is 3. The Labute approximate surface area is 110 Å². The zero-order valence-electron chi connectivity index (χ0n) is 11.6. The maximum Gasteiger partial charge on any atom is 0.240 e. The highest BCUT2D eigenvalue weighted by Gasteiger charge is 2.39. The van der Waals surface area contributed by atoms with Crippen molar-refractivity contribution in [2.24, 2.45) is 17.6 Å². The molecular formula is C14H26N2O2. The molecule has 0 radical (unpaired) electrons. The first-order valence-corrected chi connectivity index (χ1v) is 7.19. The van der Waals surface area contributed by atoms with Crippen LogP contribution < -0.4 is 11.1 Å². The summed E-state index contributed by atoms with van der Waals surface area (Å²) < 4.78 is 5.36. The third-order valence-electron chi connectivity index (χ3n) is 4.52. The zero-order chi connectivity index (χ0) is 13.2. The third kappa shape index (κ3) is 3.04. The molecule has 2 aliphatic rings. The van der Waals surface area contributed by atoms with E-state index in [1.807, 2.05) is 0 Å². The standard InChI is InChI=1S/C14H26N2O2/c1-10-4-3-6-14(15,8-10)13(17)16-11(2)12-5-7-18-9-12/h10-12H,3-9,15H2,1-2H3,(H,16,17). The van der Waals surface area contributed by atoms with E-state index in [2.05, 4.69) is 19.2 Å². The predicted molar refractivity (Wildman–Crippen MR) is 71.1 cm³/mol. The maximum atomic E-state index is 12.4. The van der Waals surface area contributed by atoms with Gasteiger partial charge in [0.25, 0.3) is 0 Å². The van der Waals surface area contributed by atoms with E-state index in [1.165, 1.54) is 6.42 Å². The van der Waals surface area contributed by atoms with Gasteiger partial charge in [-0.3, -0.25) is 4.79 Å². The molecule has 0 spiro atoms. The molecule has 1 aliphatic carbocycles. The summed E-state index contributed by atoms with van der Waals surface area (Å²) in [4.78, 5) is 12.4. The van der Waals surface area contributed by atoms with Crippen molar-refractivity contribution in [3.05, 3.63) is 0 Å². The topological polar surface area (TPSA) is 64.4 Å². The number of hydrogen-bond acceptors (Lipinski definition) is 3. The molecule has 3 N–H and O–H groups in total. The number of carbonyl (C=O) groups is 1. The Morgan fingerprint density at radius 1 is 1.50 bits per heavy atom. The molecule has 4 heteroatoms.